The van der Waals surface area contributed by atoms with Crippen molar-refractivity contribution in [2.24, 2.45) is 16.3 Å². The molecule has 0 spiro atoms. The lowest BCUT2D eigenvalue weighted by molar-refractivity contribution is 0.284. The highest BCUT2D eigenvalue weighted by molar-refractivity contribution is 7.80. The molecule has 0 aliphatic carbocycles. The van der Waals surface area contributed by atoms with Gasteiger partial charge in [0.1, 0.15) is 11.6 Å². The molecule has 3 N–H and O–H groups in total. The molecule has 1 rings (SSSR count). The van der Waals surface area contributed by atoms with Gasteiger partial charge in [-0.25, -0.2) is 9.40 Å². The van der Waals surface area contributed by atoms with Gasteiger partial charge in [0.25, 0.3) is 0 Å². The summed E-state index contributed by atoms with van der Waals surface area (Å²) in [6, 6.07) is 2.20. The second-order valence-corrected chi connectivity index (χ2v) is 6.75. The van der Waals surface area contributed by atoms with E-state index in [1.807, 2.05) is 20.8 Å². The molecule has 0 atom stereocenters. The predicted octanol–water partition coefficient (Wildman–Crippen LogP) is 3.50. The van der Waals surface area contributed by atoms with Gasteiger partial charge in [-0.2, -0.15) is 5.10 Å². The third-order valence-electron chi connectivity index (χ3n) is 2.57. The Morgan fingerprint density at radius 1 is 1.48 bits per heavy atom. The Balaban J connectivity index is 3.20. The van der Waals surface area contributed by atoms with E-state index in [1.54, 1.807) is 6.92 Å². The number of phenolic OH excluding ortho intramolecular Hbond substituents is 1. The van der Waals surface area contributed by atoms with Crippen LogP contribution in [0, 0.1) is 11.2 Å². The van der Waals surface area contributed by atoms with E-state index in [1.165, 1.54) is 5.01 Å². The van der Waals surface area contributed by atoms with Crippen molar-refractivity contribution in [1.29, 1.82) is 0 Å². The number of aromatic hydroxyl groups is 1. The van der Waals surface area contributed by atoms with Crippen molar-refractivity contribution < 1.29 is 9.50 Å². The van der Waals surface area contributed by atoms with E-state index in [4.69, 9.17) is 29.6 Å². The van der Waals surface area contributed by atoms with Gasteiger partial charge in [0.05, 0.1) is 10.7 Å². The number of hydrazone groups is 1. The Kier molecular flexibility index (Phi) is 5.53. The van der Waals surface area contributed by atoms with E-state index in [0.29, 0.717) is 12.3 Å². The van der Waals surface area contributed by atoms with Gasteiger partial charge in [0, 0.05) is 12.1 Å². The maximum Gasteiger partial charge on any atom is 0.186 e. The van der Waals surface area contributed by atoms with Gasteiger partial charge in [0.2, 0.25) is 0 Å². The molecule has 0 bridgehead atoms. The minimum atomic E-state index is -0.556. The first-order valence-corrected chi connectivity index (χ1v) is 7.10. The molecule has 0 amide bonds. The quantitative estimate of drug-likeness (QED) is 0.505. The van der Waals surface area contributed by atoms with Crippen LogP contribution in [0.1, 0.15) is 33.3 Å². The fraction of sp³-hybridized carbons (Fsp3) is 0.429. The van der Waals surface area contributed by atoms with Crippen LogP contribution in [0.5, 0.6) is 5.75 Å². The summed E-state index contributed by atoms with van der Waals surface area (Å²) in [7, 11) is 0. The number of hydrogen-bond donors (Lipinski definition) is 2. The molecule has 21 heavy (non-hydrogen) atoms. The zero-order valence-corrected chi connectivity index (χ0v) is 14.0. The highest BCUT2D eigenvalue weighted by atomic mass is 35.5. The zero-order chi connectivity index (χ0) is 16.4. The Morgan fingerprint density at radius 3 is 2.52 bits per heavy atom. The number of halogens is 2. The zero-order valence-electron chi connectivity index (χ0n) is 12.4. The van der Waals surface area contributed by atoms with Crippen LogP contribution in [-0.2, 0) is 0 Å². The molecular formula is C14H19ClFN3OS. The van der Waals surface area contributed by atoms with Crippen molar-refractivity contribution in [2.45, 2.75) is 27.7 Å². The maximum absolute atomic E-state index is 13.4. The Labute approximate surface area is 134 Å². The summed E-state index contributed by atoms with van der Waals surface area (Å²) in [4.78, 5) is 0. The average molecular weight is 332 g/mol. The van der Waals surface area contributed by atoms with E-state index in [9.17, 15) is 9.50 Å². The van der Waals surface area contributed by atoms with Crippen LogP contribution in [0.25, 0.3) is 0 Å². The summed E-state index contributed by atoms with van der Waals surface area (Å²) in [5.74, 6) is -0.780. The Hall–Kier alpha value is -1.40. The average Bonchev–Trinajstić information content (AvgIpc) is 2.30. The summed E-state index contributed by atoms with van der Waals surface area (Å²) in [5.41, 5.74) is 6.14. The summed E-state index contributed by atoms with van der Waals surface area (Å²) >= 11 is 10.7. The van der Waals surface area contributed by atoms with E-state index in [2.05, 4.69) is 5.10 Å². The van der Waals surface area contributed by atoms with Crippen LogP contribution in [0.2, 0.25) is 5.02 Å². The molecule has 0 unspecified atom stereocenters. The minimum Gasteiger partial charge on any atom is -0.506 e. The van der Waals surface area contributed by atoms with Crippen molar-refractivity contribution in [3.63, 3.8) is 0 Å². The normalized spacial score (nSPS) is 12.4. The summed E-state index contributed by atoms with van der Waals surface area (Å²) in [5, 5.41) is 15.7. The topological polar surface area (TPSA) is 61.8 Å². The van der Waals surface area contributed by atoms with Crippen LogP contribution < -0.4 is 5.73 Å². The van der Waals surface area contributed by atoms with Gasteiger partial charge in [0.15, 0.2) is 5.11 Å². The third kappa shape index (κ3) is 5.13. The van der Waals surface area contributed by atoms with E-state index in [0.717, 1.165) is 12.1 Å². The third-order valence-corrected chi connectivity index (χ3v) is 3.07. The molecule has 1 aromatic carbocycles. The van der Waals surface area contributed by atoms with Crippen LogP contribution in [0.15, 0.2) is 17.2 Å². The Morgan fingerprint density at radius 2 is 2.05 bits per heavy atom. The van der Waals surface area contributed by atoms with Crippen LogP contribution in [0.3, 0.4) is 0 Å². The first kappa shape index (κ1) is 17.7. The van der Waals surface area contributed by atoms with Gasteiger partial charge < -0.3 is 10.8 Å². The fourth-order valence-corrected chi connectivity index (χ4v) is 2.00. The number of phenols is 1. The highest BCUT2D eigenvalue weighted by Crippen LogP contribution is 2.29. The lowest BCUT2D eigenvalue weighted by atomic mass is 9.97. The number of benzene rings is 1. The summed E-state index contributed by atoms with van der Waals surface area (Å²) in [6.07, 6.45) is 0. The summed E-state index contributed by atoms with van der Waals surface area (Å²) in [6.45, 7) is 8.15. The molecule has 116 valence electrons. The monoisotopic (exact) mass is 331 g/mol. The fourth-order valence-electron chi connectivity index (χ4n) is 1.69. The van der Waals surface area contributed by atoms with Gasteiger partial charge in [-0.05, 0) is 36.7 Å². The van der Waals surface area contributed by atoms with Crippen LogP contribution in [0.4, 0.5) is 4.39 Å². The van der Waals surface area contributed by atoms with Gasteiger partial charge in [-0.1, -0.05) is 32.4 Å². The predicted molar refractivity (Wildman–Crippen MR) is 88.2 cm³/mol. The largest absolute Gasteiger partial charge is 0.506 e. The first-order chi connectivity index (χ1) is 9.51. The number of rotatable bonds is 3. The standard InChI is InChI=1S/C14H19ClFN3OS/c1-8(10-5-9(16)6-11(15)12(10)20)18-19(13(17)21)7-14(2,3)4/h5-6,20H,7H2,1-4H3,(H2,17,21)/b18-8-. The molecule has 0 fully saturated rings. The number of nitrogens with two attached hydrogens (primary N) is 1. The Bertz CT molecular complexity index is 584. The maximum atomic E-state index is 13.4. The molecule has 0 aliphatic heterocycles. The molecule has 0 saturated heterocycles. The molecule has 0 aromatic heterocycles. The van der Waals surface area contributed by atoms with Crippen molar-refractivity contribution in [1.82, 2.24) is 5.01 Å². The smallest absolute Gasteiger partial charge is 0.186 e. The SMILES string of the molecule is C/C(=N/N(CC(C)(C)C)C(N)=S)c1cc(F)cc(Cl)c1O. The van der Waals surface area contributed by atoms with Crippen molar-refractivity contribution in [3.8, 4) is 5.75 Å². The van der Waals surface area contributed by atoms with Crippen molar-refractivity contribution in [2.75, 3.05) is 6.54 Å². The molecule has 4 nitrogen and oxygen atoms in total. The molecular weight excluding hydrogens is 313 g/mol. The number of nitrogens with zero attached hydrogens (tertiary/aromatic N) is 2. The van der Waals surface area contributed by atoms with Crippen molar-refractivity contribution >= 4 is 34.6 Å². The second kappa shape index (κ2) is 6.58. The van der Waals surface area contributed by atoms with Gasteiger partial charge >= 0.3 is 0 Å². The lowest BCUT2D eigenvalue weighted by Gasteiger charge is -2.26. The summed E-state index contributed by atoms with van der Waals surface area (Å²) < 4.78 is 13.4. The highest BCUT2D eigenvalue weighted by Gasteiger charge is 2.18. The molecule has 0 aliphatic rings. The van der Waals surface area contributed by atoms with Gasteiger partial charge in [-0.15, -0.1) is 0 Å². The number of thiocarbonyl (C=S) groups is 1. The van der Waals surface area contributed by atoms with E-state index < -0.39 is 5.82 Å². The van der Waals surface area contributed by atoms with Gasteiger partial charge in [-0.3, -0.25) is 0 Å². The van der Waals surface area contributed by atoms with Crippen LogP contribution >= 0.6 is 23.8 Å². The second-order valence-electron chi connectivity index (χ2n) is 5.93. The van der Waals surface area contributed by atoms with Crippen LogP contribution in [-0.4, -0.2) is 27.5 Å². The van der Waals surface area contributed by atoms with Crippen molar-refractivity contribution in [3.05, 3.63) is 28.5 Å². The molecule has 0 saturated carbocycles. The minimum absolute atomic E-state index is 0.0720. The number of hydrogen-bond acceptors (Lipinski definition) is 3. The molecule has 7 heteroatoms. The van der Waals surface area contributed by atoms with E-state index >= 15 is 0 Å². The molecule has 1 aromatic rings. The molecule has 0 heterocycles. The molecule has 0 radical (unpaired) electrons. The first-order valence-electron chi connectivity index (χ1n) is 6.32. The van der Waals surface area contributed by atoms with E-state index in [-0.39, 0.29) is 26.9 Å². The lowest BCUT2D eigenvalue weighted by Crippen LogP contribution is -2.38.